The number of ether oxygens (including phenoxy) is 1. The molecule has 0 atom stereocenters. The van der Waals surface area contributed by atoms with Gasteiger partial charge in [0.05, 0.1) is 24.6 Å². The second kappa shape index (κ2) is 4.68. The molecule has 0 saturated heterocycles. The van der Waals surface area contributed by atoms with Crippen LogP contribution < -0.4 is 0 Å². The first kappa shape index (κ1) is 12.2. The largest absolute Gasteiger partial charge is 0.476 e. The summed E-state index contributed by atoms with van der Waals surface area (Å²) in [6.07, 6.45) is 0.641. The summed E-state index contributed by atoms with van der Waals surface area (Å²) in [6.45, 7) is 0.857. The first-order chi connectivity index (χ1) is 9.16. The molecule has 0 unspecified atom stereocenters. The minimum Gasteiger partial charge on any atom is -0.476 e. The van der Waals surface area contributed by atoms with Crippen molar-refractivity contribution in [3.05, 3.63) is 46.2 Å². The van der Waals surface area contributed by atoms with Gasteiger partial charge in [-0.05, 0) is 18.2 Å². The predicted octanol–water partition coefficient (Wildman–Crippen LogP) is 2.30. The monoisotopic (exact) mass is 278 g/mol. The molecule has 0 saturated carbocycles. The number of rotatable bonds is 2. The summed E-state index contributed by atoms with van der Waals surface area (Å²) in [4.78, 5) is 11.2. The predicted molar refractivity (Wildman–Crippen MR) is 68.9 cm³/mol. The lowest BCUT2D eigenvalue weighted by Gasteiger charge is -2.14. The van der Waals surface area contributed by atoms with Crippen molar-refractivity contribution in [3.63, 3.8) is 0 Å². The van der Waals surface area contributed by atoms with Crippen LogP contribution >= 0.6 is 11.6 Å². The van der Waals surface area contributed by atoms with E-state index in [0.29, 0.717) is 23.6 Å². The van der Waals surface area contributed by atoms with Crippen LogP contribution in [0.4, 0.5) is 0 Å². The third-order valence-electron chi connectivity index (χ3n) is 3.07. The number of carboxylic acids is 1. The van der Waals surface area contributed by atoms with E-state index in [9.17, 15) is 9.90 Å². The van der Waals surface area contributed by atoms with E-state index in [0.717, 1.165) is 11.4 Å². The summed E-state index contributed by atoms with van der Waals surface area (Å²) in [5, 5.41) is 14.0. The number of nitrogens with zero attached hydrogens (tertiary/aromatic N) is 2. The van der Waals surface area contributed by atoms with Gasteiger partial charge >= 0.3 is 5.97 Å². The van der Waals surface area contributed by atoms with Crippen LogP contribution in [0.5, 0.6) is 0 Å². The average molecular weight is 279 g/mol. The Morgan fingerprint density at radius 3 is 3.05 bits per heavy atom. The number of aromatic carboxylic acids is 1. The Kier molecular flexibility index (Phi) is 3.00. The third kappa shape index (κ3) is 2.11. The molecule has 98 valence electrons. The first-order valence-corrected chi connectivity index (χ1v) is 6.22. The highest BCUT2D eigenvalue weighted by Crippen LogP contribution is 2.25. The molecule has 2 aromatic rings. The number of halogens is 1. The fourth-order valence-corrected chi connectivity index (χ4v) is 2.41. The second-order valence-electron chi connectivity index (χ2n) is 4.27. The maximum absolute atomic E-state index is 11.2. The standard InChI is InChI=1S/C13H11ClN2O3/c14-8-2-1-3-9(6-8)16-11-4-5-19-7-10(11)12(15-16)13(17)18/h1-3,6H,4-5,7H2,(H,17,18). The molecule has 0 amide bonds. The van der Waals surface area contributed by atoms with E-state index in [2.05, 4.69) is 5.10 Å². The fourth-order valence-electron chi connectivity index (χ4n) is 2.23. The fraction of sp³-hybridized carbons (Fsp3) is 0.231. The van der Waals surface area contributed by atoms with Crippen molar-refractivity contribution in [2.75, 3.05) is 6.61 Å². The van der Waals surface area contributed by atoms with Crippen molar-refractivity contribution in [1.82, 2.24) is 9.78 Å². The van der Waals surface area contributed by atoms with E-state index in [1.165, 1.54) is 0 Å². The topological polar surface area (TPSA) is 64.3 Å². The maximum atomic E-state index is 11.2. The second-order valence-corrected chi connectivity index (χ2v) is 4.71. The number of carboxylic acid groups (broad SMARTS) is 1. The summed E-state index contributed by atoms with van der Waals surface area (Å²) in [5.74, 6) is -1.04. The van der Waals surface area contributed by atoms with Gasteiger partial charge in [-0.3, -0.25) is 0 Å². The van der Waals surface area contributed by atoms with Gasteiger partial charge in [-0.25, -0.2) is 9.48 Å². The molecule has 0 spiro atoms. The number of hydrogen-bond acceptors (Lipinski definition) is 3. The van der Waals surface area contributed by atoms with Crippen LogP contribution in [-0.2, 0) is 17.8 Å². The van der Waals surface area contributed by atoms with Crippen LogP contribution in [0.3, 0.4) is 0 Å². The van der Waals surface area contributed by atoms with Crippen LogP contribution in [0.2, 0.25) is 5.02 Å². The van der Waals surface area contributed by atoms with Crippen molar-refractivity contribution in [2.24, 2.45) is 0 Å². The molecule has 3 rings (SSSR count). The van der Waals surface area contributed by atoms with Crippen molar-refractivity contribution < 1.29 is 14.6 Å². The van der Waals surface area contributed by atoms with E-state index >= 15 is 0 Å². The molecule has 5 nitrogen and oxygen atoms in total. The van der Waals surface area contributed by atoms with Crippen LogP contribution in [0.15, 0.2) is 24.3 Å². The number of benzene rings is 1. The molecule has 2 heterocycles. The van der Waals surface area contributed by atoms with Crippen molar-refractivity contribution >= 4 is 17.6 Å². The zero-order valence-corrected chi connectivity index (χ0v) is 10.7. The van der Waals surface area contributed by atoms with Crippen LogP contribution in [-0.4, -0.2) is 27.5 Å². The van der Waals surface area contributed by atoms with E-state index in [1.807, 2.05) is 12.1 Å². The highest BCUT2D eigenvalue weighted by molar-refractivity contribution is 6.30. The number of aromatic nitrogens is 2. The van der Waals surface area contributed by atoms with Gasteiger partial charge in [0.15, 0.2) is 5.69 Å². The molecular weight excluding hydrogens is 268 g/mol. The molecule has 19 heavy (non-hydrogen) atoms. The zero-order chi connectivity index (χ0) is 13.4. The summed E-state index contributed by atoms with van der Waals surface area (Å²) >= 11 is 5.97. The molecule has 1 aromatic carbocycles. The molecule has 6 heteroatoms. The van der Waals surface area contributed by atoms with Crippen LogP contribution in [0.1, 0.15) is 21.7 Å². The van der Waals surface area contributed by atoms with Crippen LogP contribution in [0, 0.1) is 0 Å². The Morgan fingerprint density at radius 1 is 1.47 bits per heavy atom. The number of carbonyl (C=O) groups is 1. The van der Waals surface area contributed by atoms with Crippen molar-refractivity contribution in [3.8, 4) is 5.69 Å². The molecule has 0 fully saturated rings. The minimum atomic E-state index is -1.04. The highest BCUT2D eigenvalue weighted by atomic mass is 35.5. The number of hydrogen-bond donors (Lipinski definition) is 1. The van der Waals surface area contributed by atoms with Crippen molar-refractivity contribution in [1.29, 1.82) is 0 Å². The highest BCUT2D eigenvalue weighted by Gasteiger charge is 2.25. The quantitative estimate of drug-likeness (QED) is 0.915. The van der Waals surface area contributed by atoms with Gasteiger partial charge < -0.3 is 9.84 Å². The SMILES string of the molecule is O=C(O)c1nn(-c2cccc(Cl)c2)c2c1COCC2. The summed E-state index contributed by atoms with van der Waals surface area (Å²) in [5.41, 5.74) is 2.34. The minimum absolute atomic E-state index is 0.0506. The lowest BCUT2D eigenvalue weighted by Crippen LogP contribution is -2.13. The first-order valence-electron chi connectivity index (χ1n) is 5.84. The van der Waals surface area contributed by atoms with E-state index in [4.69, 9.17) is 16.3 Å². The van der Waals surface area contributed by atoms with E-state index in [-0.39, 0.29) is 12.3 Å². The smallest absolute Gasteiger partial charge is 0.356 e. The molecular formula is C13H11ClN2O3. The number of fused-ring (bicyclic) bond motifs is 1. The van der Waals surface area contributed by atoms with Gasteiger partial charge in [-0.1, -0.05) is 17.7 Å². The lowest BCUT2D eigenvalue weighted by atomic mass is 10.1. The Hall–Kier alpha value is -1.85. The molecule has 1 N–H and O–H groups in total. The van der Waals surface area contributed by atoms with Gasteiger partial charge in [0.2, 0.25) is 0 Å². The normalized spacial score (nSPS) is 14.2. The lowest BCUT2D eigenvalue weighted by molar-refractivity contribution is 0.0677. The van der Waals surface area contributed by atoms with E-state index < -0.39 is 5.97 Å². The summed E-state index contributed by atoms with van der Waals surface area (Å²) in [6, 6.07) is 7.18. The van der Waals surface area contributed by atoms with Gasteiger partial charge in [0.25, 0.3) is 0 Å². The molecule has 0 aliphatic carbocycles. The maximum Gasteiger partial charge on any atom is 0.356 e. The van der Waals surface area contributed by atoms with Gasteiger partial charge in [-0.2, -0.15) is 5.10 Å². The Bertz CT molecular complexity index is 651. The summed E-state index contributed by atoms with van der Waals surface area (Å²) in [7, 11) is 0. The molecule has 0 radical (unpaired) electrons. The van der Waals surface area contributed by atoms with Crippen molar-refractivity contribution in [2.45, 2.75) is 13.0 Å². The average Bonchev–Trinajstić information content (AvgIpc) is 2.78. The zero-order valence-electron chi connectivity index (χ0n) is 9.97. The van der Waals surface area contributed by atoms with Crippen LogP contribution in [0.25, 0.3) is 5.69 Å². The molecule has 1 aliphatic heterocycles. The Balaban J connectivity index is 2.19. The molecule has 1 aliphatic rings. The summed E-state index contributed by atoms with van der Waals surface area (Å²) < 4.78 is 6.96. The van der Waals surface area contributed by atoms with Gasteiger partial charge in [0, 0.05) is 17.0 Å². The third-order valence-corrected chi connectivity index (χ3v) is 3.31. The Labute approximate surface area is 114 Å². The molecule has 1 aromatic heterocycles. The van der Waals surface area contributed by atoms with Gasteiger partial charge in [0.1, 0.15) is 0 Å². The molecule has 0 bridgehead atoms. The van der Waals surface area contributed by atoms with Gasteiger partial charge in [-0.15, -0.1) is 0 Å². The van der Waals surface area contributed by atoms with E-state index in [1.54, 1.807) is 16.8 Å². The Morgan fingerprint density at radius 2 is 2.32 bits per heavy atom.